The fourth-order valence-electron chi connectivity index (χ4n) is 3.19. The van der Waals surface area contributed by atoms with Crippen LogP contribution in [0.3, 0.4) is 0 Å². The molecule has 0 N–H and O–H groups in total. The third-order valence-corrected chi connectivity index (χ3v) is 6.51. The van der Waals surface area contributed by atoms with Crippen LogP contribution in [0, 0.1) is 6.92 Å². The lowest BCUT2D eigenvalue weighted by Crippen LogP contribution is -2.30. The fourth-order valence-corrected chi connectivity index (χ4v) is 4.86. The Morgan fingerprint density at radius 1 is 1.08 bits per heavy atom. The molecule has 1 aliphatic rings. The predicted molar refractivity (Wildman–Crippen MR) is 96.8 cm³/mol. The van der Waals surface area contributed by atoms with Crippen molar-refractivity contribution in [3.63, 3.8) is 0 Å². The SMILES string of the molecule is Cc1ccc(-c2noc(C3CCCN3S(=O)(=O)c3ccccc3)n2)cc1. The van der Waals surface area contributed by atoms with E-state index in [1.165, 1.54) is 4.31 Å². The summed E-state index contributed by atoms with van der Waals surface area (Å²) in [6.45, 7) is 2.46. The number of hydrogen-bond acceptors (Lipinski definition) is 5. The summed E-state index contributed by atoms with van der Waals surface area (Å²) in [5.74, 6) is 0.821. The highest BCUT2D eigenvalue weighted by atomic mass is 32.2. The molecule has 26 heavy (non-hydrogen) atoms. The summed E-state index contributed by atoms with van der Waals surface area (Å²) in [6, 6.07) is 15.8. The molecule has 2 aromatic carbocycles. The van der Waals surface area contributed by atoms with E-state index >= 15 is 0 Å². The number of hydrogen-bond donors (Lipinski definition) is 0. The minimum absolute atomic E-state index is 0.283. The monoisotopic (exact) mass is 369 g/mol. The lowest BCUT2D eigenvalue weighted by molar-refractivity contribution is 0.290. The number of nitrogens with zero attached hydrogens (tertiary/aromatic N) is 3. The maximum atomic E-state index is 13.0. The Balaban J connectivity index is 1.64. The van der Waals surface area contributed by atoms with Gasteiger partial charge in [-0.15, -0.1) is 0 Å². The van der Waals surface area contributed by atoms with Crippen LogP contribution in [0.4, 0.5) is 0 Å². The number of sulfonamides is 1. The molecule has 6 nitrogen and oxygen atoms in total. The Labute approximate surface area is 152 Å². The molecule has 1 unspecified atom stereocenters. The van der Waals surface area contributed by atoms with Crippen LogP contribution < -0.4 is 0 Å². The normalized spacial score (nSPS) is 18.3. The van der Waals surface area contributed by atoms with E-state index in [9.17, 15) is 8.42 Å². The van der Waals surface area contributed by atoms with Crippen LogP contribution >= 0.6 is 0 Å². The Morgan fingerprint density at radius 2 is 1.81 bits per heavy atom. The smallest absolute Gasteiger partial charge is 0.245 e. The van der Waals surface area contributed by atoms with Gasteiger partial charge < -0.3 is 4.52 Å². The van der Waals surface area contributed by atoms with Crippen LogP contribution in [0.15, 0.2) is 64.0 Å². The molecule has 1 atom stereocenters. The highest BCUT2D eigenvalue weighted by Gasteiger charge is 2.39. The average molecular weight is 369 g/mol. The van der Waals surface area contributed by atoms with E-state index in [1.807, 2.05) is 31.2 Å². The van der Waals surface area contributed by atoms with Crippen LogP contribution in [0.5, 0.6) is 0 Å². The molecule has 7 heteroatoms. The van der Waals surface area contributed by atoms with Gasteiger partial charge in [0, 0.05) is 12.1 Å². The molecular formula is C19H19N3O3S. The van der Waals surface area contributed by atoms with E-state index < -0.39 is 16.1 Å². The molecule has 0 aliphatic carbocycles. The Morgan fingerprint density at radius 3 is 2.54 bits per heavy atom. The molecule has 2 heterocycles. The fraction of sp³-hybridized carbons (Fsp3) is 0.263. The number of aromatic nitrogens is 2. The first kappa shape index (κ1) is 16.9. The number of rotatable bonds is 4. The summed E-state index contributed by atoms with van der Waals surface area (Å²) in [5, 5.41) is 4.04. The molecule has 1 saturated heterocycles. The van der Waals surface area contributed by atoms with E-state index in [0.29, 0.717) is 24.7 Å². The van der Waals surface area contributed by atoms with Crippen LogP contribution in [-0.2, 0) is 10.0 Å². The largest absolute Gasteiger partial charge is 0.337 e. The predicted octanol–water partition coefficient (Wildman–Crippen LogP) is 3.57. The number of aryl methyl sites for hydroxylation is 1. The Kier molecular flexibility index (Phi) is 4.34. The van der Waals surface area contributed by atoms with Gasteiger partial charge in [0.15, 0.2) is 0 Å². The quantitative estimate of drug-likeness (QED) is 0.703. The van der Waals surface area contributed by atoms with Gasteiger partial charge in [-0.3, -0.25) is 0 Å². The lowest BCUT2D eigenvalue weighted by Gasteiger charge is -2.21. The molecule has 1 aromatic heterocycles. The lowest BCUT2D eigenvalue weighted by atomic mass is 10.1. The number of benzene rings is 2. The van der Waals surface area contributed by atoms with Crippen molar-refractivity contribution in [2.75, 3.05) is 6.54 Å². The van der Waals surface area contributed by atoms with E-state index in [1.54, 1.807) is 30.3 Å². The third kappa shape index (κ3) is 3.04. The third-order valence-electron chi connectivity index (χ3n) is 4.59. The molecule has 3 aromatic rings. The first-order valence-electron chi connectivity index (χ1n) is 8.53. The first-order chi connectivity index (χ1) is 12.6. The highest BCUT2D eigenvalue weighted by molar-refractivity contribution is 7.89. The van der Waals surface area contributed by atoms with E-state index in [0.717, 1.165) is 17.5 Å². The summed E-state index contributed by atoms with van der Waals surface area (Å²) in [5.41, 5.74) is 1.99. The molecule has 4 rings (SSSR count). The molecule has 0 bridgehead atoms. The van der Waals surface area contributed by atoms with Gasteiger partial charge in [-0.05, 0) is 31.9 Å². The summed E-state index contributed by atoms with van der Waals surface area (Å²) < 4.78 is 32.8. The van der Waals surface area contributed by atoms with Crippen LogP contribution in [0.1, 0.15) is 30.3 Å². The van der Waals surface area contributed by atoms with Crippen molar-refractivity contribution in [1.29, 1.82) is 0 Å². The molecule has 134 valence electrons. The van der Waals surface area contributed by atoms with E-state index in [2.05, 4.69) is 10.1 Å². The van der Waals surface area contributed by atoms with Gasteiger partial charge in [0.1, 0.15) is 6.04 Å². The zero-order valence-corrected chi connectivity index (χ0v) is 15.2. The van der Waals surface area contributed by atoms with Gasteiger partial charge in [-0.1, -0.05) is 53.2 Å². The average Bonchev–Trinajstić information content (AvgIpc) is 3.32. The second kappa shape index (κ2) is 6.66. The molecule has 1 fully saturated rings. The highest BCUT2D eigenvalue weighted by Crippen LogP contribution is 2.36. The summed E-state index contributed by atoms with van der Waals surface area (Å²) in [6.07, 6.45) is 1.43. The van der Waals surface area contributed by atoms with Gasteiger partial charge in [0.25, 0.3) is 0 Å². The van der Waals surface area contributed by atoms with E-state index in [-0.39, 0.29) is 4.90 Å². The van der Waals surface area contributed by atoms with Crippen LogP contribution in [0.25, 0.3) is 11.4 Å². The van der Waals surface area contributed by atoms with Crippen LogP contribution in [-0.4, -0.2) is 29.4 Å². The Bertz CT molecular complexity index is 998. The van der Waals surface area contributed by atoms with Crippen molar-refractivity contribution in [2.24, 2.45) is 0 Å². The summed E-state index contributed by atoms with van der Waals surface area (Å²) in [4.78, 5) is 4.75. The van der Waals surface area contributed by atoms with Gasteiger partial charge >= 0.3 is 0 Å². The molecule has 0 radical (unpaired) electrons. The zero-order valence-electron chi connectivity index (χ0n) is 14.4. The Hall–Kier alpha value is -2.51. The zero-order chi connectivity index (χ0) is 18.1. The van der Waals surface area contributed by atoms with Crippen molar-refractivity contribution in [3.05, 3.63) is 66.1 Å². The maximum absolute atomic E-state index is 13.0. The molecular weight excluding hydrogens is 350 g/mol. The van der Waals surface area contributed by atoms with Gasteiger partial charge in [-0.2, -0.15) is 9.29 Å². The van der Waals surface area contributed by atoms with Crippen LogP contribution in [0.2, 0.25) is 0 Å². The van der Waals surface area contributed by atoms with E-state index in [4.69, 9.17) is 4.52 Å². The standard InChI is InChI=1S/C19H19N3O3S/c1-14-9-11-15(12-10-14)18-20-19(25-21-18)17-8-5-13-22(17)26(23,24)16-6-3-2-4-7-16/h2-4,6-7,9-12,17H,5,8,13H2,1H3. The first-order valence-corrected chi connectivity index (χ1v) is 9.97. The van der Waals surface area contributed by atoms with Crippen molar-refractivity contribution >= 4 is 10.0 Å². The van der Waals surface area contributed by atoms with Gasteiger partial charge in [-0.25, -0.2) is 8.42 Å². The second-order valence-electron chi connectivity index (χ2n) is 6.41. The molecule has 0 amide bonds. The van der Waals surface area contributed by atoms with Crippen molar-refractivity contribution in [1.82, 2.24) is 14.4 Å². The molecule has 0 saturated carbocycles. The maximum Gasteiger partial charge on any atom is 0.245 e. The van der Waals surface area contributed by atoms with Crippen molar-refractivity contribution in [2.45, 2.75) is 30.7 Å². The molecule has 1 aliphatic heterocycles. The minimum atomic E-state index is -3.59. The summed E-state index contributed by atoms with van der Waals surface area (Å²) >= 11 is 0. The molecule has 0 spiro atoms. The van der Waals surface area contributed by atoms with Gasteiger partial charge in [0.2, 0.25) is 21.7 Å². The second-order valence-corrected chi connectivity index (χ2v) is 8.30. The van der Waals surface area contributed by atoms with Crippen molar-refractivity contribution in [3.8, 4) is 11.4 Å². The van der Waals surface area contributed by atoms with Gasteiger partial charge in [0.05, 0.1) is 4.90 Å². The van der Waals surface area contributed by atoms with Crippen molar-refractivity contribution < 1.29 is 12.9 Å². The topological polar surface area (TPSA) is 76.3 Å². The summed E-state index contributed by atoms with van der Waals surface area (Å²) in [7, 11) is -3.59. The minimum Gasteiger partial charge on any atom is -0.337 e.